The van der Waals surface area contributed by atoms with Crippen LogP contribution >= 0.6 is 0 Å². The molecule has 168 valence electrons. The van der Waals surface area contributed by atoms with Crippen molar-refractivity contribution in [2.45, 2.75) is 116 Å². The van der Waals surface area contributed by atoms with Crippen LogP contribution in [-0.4, -0.2) is 5.11 Å². The second-order valence-corrected chi connectivity index (χ2v) is 11.2. The number of rotatable bonds is 7. The Morgan fingerprint density at radius 3 is 1.60 bits per heavy atom. The molecular formula is C29H46O. The molecule has 1 nitrogen and oxygen atoms in total. The van der Waals surface area contributed by atoms with E-state index in [9.17, 15) is 5.11 Å². The van der Waals surface area contributed by atoms with Crippen LogP contribution in [0.5, 0.6) is 5.75 Å². The number of phenols is 1. The van der Waals surface area contributed by atoms with Crippen molar-refractivity contribution in [3.05, 3.63) is 29.8 Å². The first-order chi connectivity index (χ1) is 14.7. The Bertz CT molecular complexity index is 596. The van der Waals surface area contributed by atoms with Crippen LogP contribution in [0.15, 0.2) is 24.3 Å². The van der Waals surface area contributed by atoms with E-state index in [-0.39, 0.29) is 0 Å². The second-order valence-electron chi connectivity index (χ2n) is 11.2. The van der Waals surface area contributed by atoms with E-state index in [1.807, 2.05) is 12.1 Å². The van der Waals surface area contributed by atoms with E-state index in [0.29, 0.717) is 5.75 Å². The maximum atomic E-state index is 9.54. The molecule has 3 fully saturated rings. The van der Waals surface area contributed by atoms with Crippen molar-refractivity contribution in [1.29, 1.82) is 0 Å². The Hall–Kier alpha value is -0.980. The molecule has 1 heteroatoms. The van der Waals surface area contributed by atoms with Crippen LogP contribution < -0.4 is 0 Å². The van der Waals surface area contributed by atoms with Gasteiger partial charge in [0, 0.05) is 0 Å². The summed E-state index contributed by atoms with van der Waals surface area (Å²) in [6, 6.07) is 8.01. The highest BCUT2D eigenvalue weighted by Gasteiger charge is 2.34. The highest BCUT2D eigenvalue weighted by atomic mass is 16.3. The van der Waals surface area contributed by atoms with Gasteiger partial charge in [0.15, 0.2) is 0 Å². The van der Waals surface area contributed by atoms with Gasteiger partial charge in [-0.2, -0.15) is 0 Å². The molecule has 1 N–H and O–H groups in total. The second kappa shape index (κ2) is 11.1. The van der Waals surface area contributed by atoms with Crippen molar-refractivity contribution in [3.63, 3.8) is 0 Å². The molecule has 0 radical (unpaired) electrons. The van der Waals surface area contributed by atoms with Crippen LogP contribution in [0.4, 0.5) is 0 Å². The fraction of sp³-hybridized carbons (Fsp3) is 0.793. The van der Waals surface area contributed by atoms with Crippen molar-refractivity contribution in [2.24, 2.45) is 29.6 Å². The van der Waals surface area contributed by atoms with Gasteiger partial charge >= 0.3 is 0 Å². The van der Waals surface area contributed by atoms with Crippen LogP contribution in [0.2, 0.25) is 0 Å². The molecule has 4 rings (SSSR count). The number of hydrogen-bond acceptors (Lipinski definition) is 1. The molecule has 0 amide bonds. The molecule has 0 aliphatic heterocycles. The summed E-state index contributed by atoms with van der Waals surface area (Å²) in [5.41, 5.74) is 1.44. The smallest absolute Gasteiger partial charge is 0.115 e. The average molecular weight is 411 g/mol. The SMILES string of the molecule is CCCCCC1CCC(C2CCC(C3CCC(c4ccc(O)cc4)CC3)CC2)CC1. The van der Waals surface area contributed by atoms with E-state index in [1.54, 1.807) is 12.8 Å². The van der Waals surface area contributed by atoms with Crippen molar-refractivity contribution < 1.29 is 5.11 Å². The van der Waals surface area contributed by atoms with Gasteiger partial charge in [-0.25, -0.2) is 0 Å². The first-order valence-electron chi connectivity index (χ1n) is 13.5. The van der Waals surface area contributed by atoms with E-state index in [0.717, 1.165) is 35.5 Å². The third-order valence-corrected chi connectivity index (χ3v) is 9.39. The van der Waals surface area contributed by atoms with Gasteiger partial charge in [0.1, 0.15) is 5.75 Å². The van der Waals surface area contributed by atoms with Crippen molar-refractivity contribution in [3.8, 4) is 5.75 Å². The topological polar surface area (TPSA) is 20.2 Å². The monoisotopic (exact) mass is 410 g/mol. The van der Waals surface area contributed by atoms with Gasteiger partial charge in [-0.1, -0.05) is 57.6 Å². The largest absolute Gasteiger partial charge is 0.508 e. The molecule has 1 aromatic carbocycles. The highest BCUT2D eigenvalue weighted by Crippen LogP contribution is 2.47. The van der Waals surface area contributed by atoms with Gasteiger partial charge < -0.3 is 5.11 Å². The van der Waals surface area contributed by atoms with Crippen molar-refractivity contribution in [2.75, 3.05) is 0 Å². The Kier molecular flexibility index (Phi) is 8.19. The third kappa shape index (κ3) is 5.83. The molecule has 0 unspecified atom stereocenters. The lowest BCUT2D eigenvalue weighted by atomic mass is 9.64. The van der Waals surface area contributed by atoms with Crippen molar-refractivity contribution in [1.82, 2.24) is 0 Å². The Morgan fingerprint density at radius 2 is 1.10 bits per heavy atom. The summed E-state index contributed by atoms with van der Waals surface area (Å²) in [6.07, 6.45) is 23.7. The van der Waals surface area contributed by atoms with Gasteiger partial charge in [-0.3, -0.25) is 0 Å². The fourth-order valence-electron chi connectivity index (χ4n) is 7.39. The molecule has 0 spiro atoms. The van der Waals surface area contributed by atoms with Crippen LogP contribution in [0, 0.1) is 29.6 Å². The number of benzene rings is 1. The fourth-order valence-corrected chi connectivity index (χ4v) is 7.39. The maximum Gasteiger partial charge on any atom is 0.115 e. The lowest BCUT2D eigenvalue weighted by Gasteiger charge is -2.41. The summed E-state index contributed by atoms with van der Waals surface area (Å²) in [6.45, 7) is 2.33. The molecule has 1 aromatic rings. The Labute approximate surface area is 186 Å². The number of hydrogen-bond donors (Lipinski definition) is 1. The van der Waals surface area contributed by atoms with Gasteiger partial charge in [0.25, 0.3) is 0 Å². The van der Waals surface area contributed by atoms with Gasteiger partial charge in [0.05, 0.1) is 0 Å². The maximum absolute atomic E-state index is 9.54. The van der Waals surface area contributed by atoms with Crippen molar-refractivity contribution >= 4 is 0 Å². The van der Waals surface area contributed by atoms with Gasteiger partial charge in [0.2, 0.25) is 0 Å². The van der Waals surface area contributed by atoms with Gasteiger partial charge in [-0.05, 0) is 117 Å². The molecule has 0 bridgehead atoms. The Morgan fingerprint density at radius 1 is 0.633 bits per heavy atom. The summed E-state index contributed by atoms with van der Waals surface area (Å²) in [4.78, 5) is 0. The normalized spacial score (nSPS) is 35.2. The summed E-state index contributed by atoms with van der Waals surface area (Å²) in [5.74, 6) is 6.33. The minimum absolute atomic E-state index is 0.397. The van der Waals surface area contributed by atoms with Crippen LogP contribution in [0.25, 0.3) is 0 Å². The predicted molar refractivity (Wildman–Crippen MR) is 128 cm³/mol. The molecule has 3 aliphatic rings. The van der Waals surface area contributed by atoms with Crippen LogP contribution in [0.1, 0.15) is 121 Å². The number of phenolic OH excluding ortho intramolecular Hbond substituents is 1. The highest BCUT2D eigenvalue weighted by molar-refractivity contribution is 5.28. The first-order valence-corrected chi connectivity index (χ1v) is 13.5. The summed E-state index contributed by atoms with van der Waals surface area (Å²) >= 11 is 0. The molecule has 0 saturated heterocycles. The van der Waals surface area contributed by atoms with E-state index >= 15 is 0 Å². The summed E-state index contributed by atoms with van der Waals surface area (Å²) < 4.78 is 0. The first kappa shape index (κ1) is 22.2. The third-order valence-electron chi connectivity index (χ3n) is 9.39. The minimum atomic E-state index is 0.397. The molecular weight excluding hydrogens is 364 g/mol. The summed E-state index contributed by atoms with van der Waals surface area (Å²) in [5, 5.41) is 9.54. The zero-order valence-corrected chi connectivity index (χ0v) is 19.5. The minimum Gasteiger partial charge on any atom is -0.508 e. The van der Waals surface area contributed by atoms with E-state index in [2.05, 4.69) is 19.1 Å². The van der Waals surface area contributed by atoms with Crippen LogP contribution in [0.3, 0.4) is 0 Å². The predicted octanol–water partition coefficient (Wildman–Crippen LogP) is 8.86. The standard InChI is InChI=1S/C29H46O/c1-2-3-4-5-22-6-8-23(9-7-22)24-10-12-25(13-11-24)26-14-16-27(17-15-26)28-18-20-29(30)21-19-28/h18-27,30H,2-17H2,1H3. The molecule has 0 aromatic heterocycles. The summed E-state index contributed by atoms with van der Waals surface area (Å²) in [7, 11) is 0. The van der Waals surface area contributed by atoms with E-state index < -0.39 is 0 Å². The van der Waals surface area contributed by atoms with E-state index in [1.165, 1.54) is 95.5 Å². The molecule has 3 saturated carbocycles. The molecule has 3 aliphatic carbocycles. The van der Waals surface area contributed by atoms with E-state index in [4.69, 9.17) is 0 Å². The zero-order valence-electron chi connectivity index (χ0n) is 19.5. The average Bonchev–Trinajstić information content (AvgIpc) is 2.81. The van der Waals surface area contributed by atoms with Crippen LogP contribution in [-0.2, 0) is 0 Å². The number of aromatic hydroxyl groups is 1. The lowest BCUT2D eigenvalue weighted by Crippen LogP contribution is -2.29. The number of unbranched alkanes of at least 4 members (excludes halogenated alkanes) is 2. The Balaban J connectivity index is 1.15. The molecule has 30 heavy (non-hydrogen) atoms. The van der Waals surface area contributed by atoms with Gasteiger partial charge in [-0.15, -0.1) is 0 Å². The molecule has 0 heterocycles. The molecule has 0 atom stereocenters. The quantitative estimate of drug-likeness (QED) is 0.445. The lowest BCUT2D eigenvalue weighted by molar-refractivity contribution is 0.108. The zero-order chi connectivity index (χ0) is 20.8.